The van der Waals surface area contributed by atoms with Gasteiger partial charge in [0.2, 0.25) is 0 Å². The molecule has 0 aliphatic heterocycles. The zero-order valence-electron chi connectivity index (χ0n) is 12.4. The Kier molecular flexibility index (Phi) is 4.45. The summed E-state index contributed by atoms with van der Waals surface area (Å²) in [4.78, 5) is 29.5. The van der Waals surface area contributed by atoms with Crippen molar-refractivity contribution in [2.45, 2.75) is 44.7 Å². The van der Waals surface area contributed by atoms with Crippen molar-refractivity contribution in [3.05, 3.63) is 29.6 Å². The fourth-order valence-corrected chi connectivity index (χ4v) is 2.67. The number of hydrogen-bond acceptors (Lipinski definition) is 3. The molecule has 1 fully saturated rings. The maximum absolute atomic E-state index is 12.2. The summed E-state index contributed by atoms with van der Waals surface area (Å²) in [5.41, 5.74) is 0.563. The first-order valence-electron chi connectivity index (χ1n) is 7.12. The monoisotopic (exact) mass is 291 g/mol. The molecule has 1 aromatic rings. The third kappa shape index (κ3) is 3.51. The summed E-state index contributed by atoms with van der Waals surface area (Å²) in [7, 11) is 1.64. The summed E-state index contributed by atoms with van der Waals surface area (Å²) in [6, 6.07) is 5.25. The van der Waals surface area contributed by atoms with Gasteiger partial charge in [-0.3, -0.25) is 4.98 Å². The van der Waals surface area contributed by atoms with Crippen molar-refractivity contribution in [3.8, 4) is 0 Å². The molecule has 6 nitrogen and oxygen atoms in total. The Hall–Kier alpha value is -2.11. The quantitative estimate of drug-likeness (QED) is 0.888. The average molecular weight is 291 g/mol. The van der Waals surface area contributed by atoms with Crippen molar-refractivity contribution in [3.63, 3.8) is 0 Å². The second-order valence-corrected chi connectivity index (χ2v) is 5.65. The summed E-state index contributed by atoms with van der Waals surface area (Å²) in [5, 5.41) is 12.1. The van der Waals surface area contributed by atoms with Gasteiger partial charge in [0.1, 0.15) is 5.54 Å². The van der Waals surface area contributed by atoms with E-state index in [9.17, 15) is 14.7 Å². The first-order chi connectivity index (χ1) is 9.93. The molecule has 2 rings (SSSR count). The normalized spacial score (nSPS) is 16.5. The maximum Gasteiger partial charge on any atom is 0.329 e. The lowest BCUT2D eigenvalue weighted by atomic mass is 9.98. The van der Waals surface area contributed by atoms with E-state index in [1.807, 2.05) is 25.1 Å². The van der Waals surface area contributed by atoms with Crippen LogP contribution < -0.4 is 5.32 Å². The van der Waals surface area contributed by atoms with Crippen LogP contribution in [0.1, 0.15) is 37.1 Å². The van der Waals surface area contributed by atoms with Gasteiger partial charge >= 0.3 is 12.0 Å². The van der Waals surface area contributed by atoms with Crippen molar-refractivity contribution in [1.29, 1.82) is 0 Å². The number of nitrogens with one attached hydrogen (secondary N) is 1. The molecule has 21 heavy (non-hydrogen) atoms. The number of hydrogen-bond donors (Lipinski definition) is 2. The van der Waals surface area contributed by atoms with E-state index in [2.05, 4.69) is 10.3 Å². The van der Waals surface area contributed by atoms with E-state index in [-0.39, 0.29) is 6.03 Å². The highest BCUT2D eigenvalue weighted by atomic mass is 16.4. The molecule has 0 unspecified atom stereocenters. The molecule has 6 heteroatoms. The number of carboxylic acids is 1. The van der Waals surface area contributed by atoms with Crippen LogP contribution in [0.25, 0.3) is 0 Å². The van der Waals surface area contributed by atoms with Crippen molar-refractivity contribution in [1.82, 2.24) is 15.2 Å². The first-order valence-corrected chi connectivity index (χ1v) is 7.12. The number of carbonyl (C=O) groups excluding carboxylic acids is 1. The second-order valence-electron chi connectivity index (χ2n) is 5.65. The van der Waals surface area contributed by atoms with Crippen molar-refractivity contribution in [2.24, 2.45) is 0 Å². The summed E-state index contributed by atoms with van der Waals surface area (Å²) < 4.78 is 0. The van der Waals surface area contributed by atoms with Gasteiger partial charge in [-0.1, -0.05) is 18.9 Å². The lowest BCUT2D eigenvalue weighted by Crippen LogP contribution is -2.55. The van der Waals surface area contributed by atoms with Gasteiger partial charge in [-0.2, -0.15) is 0 Å². The molecule has 0 atom stereocenters. The van der Waals surface area contributed by atoms with Crippen LogP contribution in [0.15, 0.2) is 18.2 Å². The average Bonchev–Trinajstić information content (AvgIpc) is 2.88. The molecule has 0 bridgehead atoms. The van der Waals surface area contributed by atoms with Gasteiger partial charge in [-0.25, -0.2) is 9.59 Å². The van der Waals surface area contributed by atoms with Crippen LogP contribution in [0.4, 0.5) is 4.79 Å². The minimum Gasteiger partial charge on any atom is -0.480 e. The van der Waals surface area contributed by atoms with Crippen molar-refractivity contribution in [2.75, 3.05) is 7.05 Å². The van der Waals surface area contributed by atoms with E-state index in [0.29, 0.717) is 19.4 Å². The Morgan fingerprint density at radius 3 is 2.62 bits per heavy atom. The first kappa shape index (κ1) is 15.3. The number of aryl methyl sites for hydroxylation is 1. The molecule has 1 aromatic heterocycles. The van der Waals surface area contributed by atoms with E-state index >= 15 is 0 Å². The van der Waals surface area contributed by atoms with E-state index in [0.717, 1.165) is 24.2 Å². The van der Waals surface area contributed by atoms with Gasteiger partial charge < -0.3 is 15.3 Å². The molecule has 2 N–H and O–H groups in total. The second kappa shape index (κ2) is 6.11. The molecule has 114 valence electrons. The van der Waals surface area contributed by atoms with Crippen LogP contribution in [0.5, 0.6) is 0 Å². The third-order valence-corrected chi connectivity index (χ3v) is 3.90. The summed E-state index contributed by atoms with van der Waals surface area (Å²) in [6.07, 6.45) is 2.64. The van der Waals surface area contributed by atoms with Gasteiger partial charge in [-0.15, -0.1) is 0 Å². The molecule has 0 saturated heterocycles. The summed E-state index contributed by atoms with van der Waals surface area (Å²) in [6.45, 7) is 2.24. The molecule has 1 heterocycles. The van der Waals surface area contributed by atoms with Crippen LogP contribution in [-0.4, -0.2) is 39.6 Å². The van der Waals surface area contributed by atoms with E-state index in [1.165, 1.54) is 4.90 Å². The van der Waals surface area contributed by atoms with Crippen LogP contribution in [0.3, 0.4) is 0 Å². The Morgan fingerprint density at radius 2 is 2.05 bits per heavy atom. The number of carbonyl (C=O) groups is 2. The molecule has 2 amide bonds. The number of urea groups is 1. The highest BCUT2D eigenvalue weighted by molar-refractivity contribution is 5.86. The Balaban J connectivity index is 2.01. The van der Waals surface area contributed by atoms with E-state index < -0.39 is 11.5 Å². The third-order valence-electron chi connectivity index (χ3n) is 3.90. The topological polar surface area (TPSA) is 82.5 Å². The van der Waals surface area contributed by atoms with Crippen LogP contribution in [-0.2, 0) is 11.3 Å². The fraction of sp³-hybridized carbons (Fsp3) is 0.533. The van der Waals surface area contributed by atoms with E-state index in [4.69, 9.17) is 0 Å². The Bertz CT molecular complexity index is 539. The number of aromatic nitrogens is 1. The predicted molar refractivity (Wildman–Crippen MR) is 77.8 cm³/mol. The fourth-order valence-electron chi connectivity index (χ4n) is 2.67. The van der Waals surface area contributed by atoms with Crippen LogP contribution >= 0.6 is 0 Å². The lowest BCUT2D eigenvalue weighted by Gasteiger charge is -2.28. The zero-order valence-corrected chi connectivity index (χ0v) is 12.4. The summed E-state index contributed by atoms with van der Waals surface area (Å²) >= 11 is 0. The molecular formula is C15H21N3O3. The predicted octanol–water partition coefficient (Wildman–Crippen LogP) is 1.93. The van der Waals surface area contributed by atoms with Crippen LogP contribution in [0.2, 0.25) is 0 Å². The zero-order chi connectivity index (χ0) is 15.5. The molecule has 1 saturated carbocycles. The Labute approximate surface area is 124 Å². The van der Waals surface area contributed by atoms with E-state index in [1.54, 1.807) is 7.05 Å². The van der Waals surface area contributed by atoms with Gasteiger partial charge in [0.25, 0.3) is 0 Å². The minimum atomic E-state index is -1.11. The largest absolute Gasteiger partial charge is 0.480 e. The number of nitrogens with zero attached hydrogens (tertiary/aromatic N) is 2. The molecule has 0 spiro atoms. The molecule has 0 aromatic carbocycles. The number of rotatable bonds is 4. The van der Waals surface area contributed by atoms with Crippen molar-refractivity contribution < 1.29 is 14.7 Å². The highest BCUT2D eigenvalue weighted by Gasteiger charge is 2.43. The summed E-state index contributed by atoms with van der Waals surface area (Å²) in [5.74, 6) is -0.949. The van der Waals surface area contributed by atoms with Crippen LogP contribution in [0, 0.1) is 6.92 Å². The van der Waals surface area contributed by atoms with Crippen molar-refractivity contribution >= 4 is 12.0 Å². The van der Waals surface area contributed by atoms with Gasteiger partial charge in [0, 0.05) is 12.7 Å². The maximum atomic E-state index is 12.2. The molecule has 0 radical (unpaired) electrons. The Morgan fingerprint density at radius 1 is 1.38 bits per heavy atom. The standard InChI is InChI=1S/C15H21N3O3/c1-11-6-5-7-12(16-11)10-18(2)14(21)17-15(13(19)20)8-3-4-9-15/h5-7H,3-4,8-10H2,1-2H3,(H,17,21)(H,19,20). The van der Waals surface area contributed by atoms with Gasteiger partial charge in [0.15, 0.2) is 0 Å². The number of aliphatic carboxylic acids is 1. The SMILES string of the molecule is Cc1cccc(CN(C)C(=O)NC2(C(=O)O)CCCC2)n1. The molecular weight excluding hydrogens is 270 g/mol. The van der Waals surface area contributed by atoms with Gasteiger partial charge in [0.05, 0.1) is 12.2 Å². The van der Waals surface area contributed by atoms with Gasteiger partial charge in [-0.05, 0) is 31.9 Å². The smallest absolute Gasteiger partial charge is 0.329 e. The molecule has 1 aliphatic rings. The lowest BCUT2D eigenvalue weighted by molar-refractivity contribution is -0.144. The minimum absolute atomic E-state index is 0.350. The molecule has 1 aliphatic carbocycles. The number of carboxylic acid groups (broad SMARTS) is 1. The number of pyridine rings is 1. The highest BCUT2D eigenvalue weighted by Crippen LogP contribution is 2.30. The number of amides is 2.